The number of nitrogens with zero attached hydrogens (tertiary/aromatic N) is 1. The second-order valence-electron chi connectivity index (χ2n) is 4.06. The Morgan fingerprint density at radius 2 is 1.88 bits per heavy atom. The van der Waals surface area contributed by atoms with Crippen molar-refractivity contribution in [1.29, 1.82) is 0 Å². The molecular weight excluding hydrogens is 239 g/mol. The number of hydrogen-bond donors (Lipinski definition) is 1. The van der Waals surface area contributed by atoms with Gasteiger partial charge in [0.1, 0.15) is 6.54 Å². The molecule has 0 aromatic heterocycles. The summed E-state index contributed by atoms with van der Waals surface area (Å²) in [7, 11) is 0. The van der Waals surface area contributed by atoms with E-state index in [-0.39, 0.29) is 12.5 Å². The second kappa shape index (κ2) is 6.37. The van der Waals surface area contributed by atoms with Gasteiger partial charge in [0.2, 0.25) is 5.91 Å². The van der Waals surface area contributed by atoms with Crippen LogP contribution < -0.4 is 0 Å². The number of amides is 1. The lowest BCUT2D eigenvalue weighted by Gasteiger charge is -2.27. The van der Waals surface area contributed by atoms with Crippen LogP contribution in [0.5, 0.6) is 0 Å². The Bertz CT molecular complexity index is 231. The summed E-state index contributed by atoms with van der Waals surface area (Å²) in [5.41, 5.74) is 0. The van der Waals surface area contributed by atoms with E-state index in [0.29, 0.717) is 6.42 Å². The molecule has 0 saturated heterocycles. The molecule has 1 unspecified atom stereocenters. The van der Waals surface area contributed by atoms with Gasteiger partial charge in [-0.3, -0.25) is 4.79 Å². The third kappa shape index (κ3) is 5.63. The predicted molar refractivity (Wildman–Crippen MR) is 60.5 cm³/mol. The summed E-state index contributed by atoms with van der Waals surface area (Å²) in [6.45, 7) is 4.17. The highest BCUT2D eigenvalue weighted by molar-refractivity contribution is 7.81. The smallest absolute Gasteiger partial charge is 0.333 e. The van der Waals surface area contributed by atoms with Crippen molar-refractivity contribution in [1.82, 2.24) is 4.90 Å². The standard InChI is InChI=1S/C10H18F3NOS/c1-4-5-14(6-10(11,12)13)9(15)8(16)7(2)3/h7-8,16H,4-6H2,1-3H3. The molecule has 96 valence electrons. The average molecular weight is 257 g/mol. The van der Waals surface area contributed by atoms with Gasteiger partial charge in [-0.05, 0) is 12.3 Å². The Morgan fingerprint density at radius 3 is 2.19 bits per heavy atom. The molecule has 1 amide bonds. The molecule has 1 atom stereocenters. The maximum absolute atomic E-state index is 12.2. The van der Waals surface area contributed by atoms with Gasteiger partial charge in [0, 0.05) is 6.54 Å². The van der Waals surface area contributed by atoms with E-state index in [2.05, 4.69) is 12.6 Å². The van der Waals surface area contributed by atoms with Gasteiger partial charge in [-0.15, -0.1) is 0 Å². The van der Waals surface area contributed by atoms with Crippen LogP contribution in [0.2, 0.25) is 0 Å². The largest absolute Gasteiger partial charge is 0.406 e. The van der Waals surface area contributed by atoms with Crippen molar-refractivity contribution in [3.8, 4) is 0 Å². The Labute approximate surface area is 99.6 Å². The number of thiol groups is 1. The van der Waals surface area contributed by atoms with Gasteiger partial charge < -0.3 is 4.90 Å². The zero-order chi connectivity index (χ0) is 12.9. The van der Waals surface area contributed by atoms with E-state index in [1.54, 1.807) is 20.8 Å². The minimum atomic E-state index is -4.35. The van der Waals surface area contributed by atoms with Crippen molar-refractivity contribution in [2.75, 3.05) is 13.1 Å². The van der Waals surface area contributed by atoms with E-state index in [1.165, 1.54) is 0 Å². The number of alkyl halides is 3. The molecule has 2 nitrogen and oxygen atoms in total. The third-order valence-electron chi connectivity index (χ3n) is 2.06. The van der Waals surface area contributed by atoms with Crippen LogP contribution in [-0.2, 0) is 4.79 Å². The Kier molecular flexibility index (Phi) is 6.22. The molecule has 0 radical (unpaired) electrons. The van der Waals surface area contributed by atoms with Crippen molar-refractivity contribution in [2.24, 2.45) is 5.92 Å². The summed E-state index contributed by atoms with van der Waals surface area (Å²) in [6.07, 6.45) is -3.85. The van der Waals surface area contributed by atoms with Crippen LogP contribution in [0, 0.1) is 5.92 Å². The molecule has 0 aromatic rings. The second-order valence-corrected chi connectivity index (χ2v) is 4.62. The molecule has 0 aromatic carbocycles. The molecule has 0 aliphatic carbocycles. The zero-order valence-corrected chi connectivity index (χ0v) is 10.6. The fraction of sp³-hybridized carbons (Fsp3) is 0.900. The Morgan fingerprint density at radius 1 is 1.38 bits per heavy atom. The van der Waals surface area contributed by atoms with Gasteiger partial charge in [-0.25, -0.2) is 0 Å². The maximum Gasteiger partial charge on any atom is 0.406 e. The topological polar surface area (TPSA) is 20.3 Å². The molecule has 0 aliphatic rings. The lowest BCUT2D eigenvalue weighted by atomic mass is 10.1. The third-order valence-corrected chi connectivity index (χ3v) is 2.88. The quantitative estimate of drug-likeness (QED) is 0.751. The van der Waals surface area contributed by atoms with Crippen LogP contribution in [0.25, 0.3) is 0 Å². The fourth-order valence-electron chi connectivity index (χ4n) is 1.23. The van der Waals surface area contributed by atoms with Crippen LogP contribution in [0.3, 0.4) is 0 Å². The molecule has 0 bridgehead atoms. The van der Waals surface area contributed by atoms with E-state index in [9.17, 15) is 18.0 Å². The zero-order valence-electron chi connectivity index (χ0n) is 9.71. The Hall–Kier alpha value is -0.390. The summed E-state index contributed by atoms with van der Waals surface area (Å²) in [4.78, 5) is 12.5. The first-order valence-corrected chi connectivity index (χ1v) is 5.74. The summed E-state index contributed by atoms with van der Waals surface area (Å²) in [6, 6.07) is 0. The summed E-state index contributed by atoms with van der Waals surface area (Å²) < 4.78 is 36.7. The van der Waals surface area contributed by atoms with E-state index in [4.69, 9.17) is 0 Å². The first-order chi connectivity index (χ1) is 7.19. The monoisotopic (exact) mass is 257 g/mol. The van der Waals surface area contributed by atoms with Crippen LogP contribution in [0.1, 0.15) is 27.2 Å². The molecule has 0 heterocycles. The van der Waals surface area contributed by atoms with Gasteiger partial charge in [0.05, 0.1) is 5.25 Å². The van der Waals surface area contributed by atoms with Crippen molar-refractivity contribution >= 4 is 18.5 Å². The highest BCUT2D eigenvalue weighted by atomic mass is 32.1. The lowest BCUT2D eigenvalue weighted by Crippen LogP contribution is -2.44. The molecule has 0 fully saturated rings. The van der Waals surface area contributed by atoms with E-state index >= 15 is 0 Å². The molecule has 6 heteroatoms. The van der Waals surface area contributed by atoms with Crippen LogP contribution in [0.15, 0.2) is 0 Å². The van der Waals surface area contributed by atoms with Gasteiger partial charge in [0.15, 0.2) is 0 Å². The number of rotatable bonds is 5. The first kappa shape index (κ1) is 15.6. The normalized spacial score (nSPS) is 14.0. The number of halogens is 3. The van der Waals surface area contributed by atoms with E-state index in [1.807, 2.05) is 0 Å². The average Bonchev–Trinajstić information content (AvgIpc) is 2.12. The minimum Gasteiger partial charge on any atom is -0.333 e. The van der Waals surface area contributed by atoms with Crippen molar-refractivity contribution in [3.63, 3.8) is 0 Å². The van der Waals surface area contributed by atoms with Gasteiger partial charge in [0.25, 0.3) is 0 Å². The van der Waals surface area contributed by atoms with Crippen molar-refractivity contribution in [3.05, 3.63) is 0 Å². The highest BCUT2D eigenvalue weighted by Gasteiger charge is 2.34. The lowest BCUT2D eigenvalue weighted by molar-refractivity contribution is -0.161. The van der Waals surface area contributed by atoms with Crippen LogP contribution in [0.4, 0.5) is 13.2 Å². The molecule has 0 spiro atoms. The van der Waals surface area contributed by atoms with Gasteiger partial charge >= 0.3 is 6.18 Å². The summed E-state index contributed by atoms with van der Waals surface area (Å²) in [5.74, 6) is -0.624. The molecule has 0 N–H and O–H groups in total. The number of carbonyl (C=O) groups is 1. The Balaban J connectivity index is 4.59. The highest BCUT2D eigenvalue weighted by Crippen LogP contribution is 2.20. The first-order valence-electron chi connectivity index (χ1n) is 5.22. The van der Waals surface area contributed by atoms with Crippen LogP contribution >= 0.6 is 12.6 Å². The molecule has 0 aliphatic heterocycles. The minimum absolute atomic E-state index is 0.0802. The predicted octanol–water partition coefficient (Wildman–Crippen LogP) is 2.74. The van der Waals surface area contributed by atoms with E-state index < -0.39 is 23.9 Å². The van der Waals surface area contributed by atoms with Crippen LogP contribution in [-0.4, -0.2) is 35.3 Å². The fourth-order valence-corrected chi connectivity index (χ4v) is 1.39. The van der Waals surface area contributed by atoms with Gasteiger partial charge in [-0.1, -0.05) is 20.8 Å². The molecule has 0 rings (SSSR count). The summed E-state index contributed by atoms with van der Waals surface area (Å²) >= 11 is 4.04. The number of hydrogen-bond acceptors (Lipinski definition) is 2. The maximum atomic E-state index is 12.2. The van der Waals surface area contributed by atoms with Gasteiger partial charge in [-0.2, -0.15) is 25.8 Å². The molecule has 16 heavy (non-hydrogen) atoms. The SMILES string of the molecule is CCCN(CC(F)(F)F)C(=O)C(S)C(C)C. The van der Waals surface area contributed by atoms with E-state index in [0.717, 1.165) is 4.90 Å². The number of carbonyl (C=O) groups excluding carboxylic acids is 1. The summed E-state index contributed by atoms with van der Waals surface area (Å²) in [5, 5.41) is -0.672. The molecule has 0 saturated carbocycles. The van der Waals surface area contributed by atoms with Crippen molar-refractivity contribution in [2.45, 2.75) is 38.6 Å². The molecular formula is C10H18F3NOS. The van der Waals surface area contributed by atoms with Crippen molar-refractivity contribution < 1.29 is 18.0 Å².